The van der Waals surface area contributed by atoms with Crippen molar-refractivity contribution in [1.82, 2.24) is 9.47 Å². The van der Waals surface area contributed by atoms with Crippen LogP contribution in [0.4, 0.5) is 11.4 Å². The van der Waals surface area contributed by atoms with Crippen molar-refractivity contribution >= 4 is 29.1 Å². The van der Waals surface area contributed by atoms with Gasteiger partial charge in [-0.3, -0.25) is 9.36 Å². The van der Waals surface area contributed by atoms with E-state index in [1.807, 2.05) is 31.2 Å². The minimum absolute atomic E-state index is 0.0916. The first-order valence-electron chi connectivity index (χ1n) is 13.0. The van der Waals surface area contributed by atoms with E-state index in [0.717, 1.165) is 66.9 Å². The second-order valence-electron chi connectivity index (χ2n) is 9.86. The summed E-state index contributed by atoms with van der Waals surface area (Å²) in [6.45, 7) is 8.78. The number of benzene rings is 2. The lowest BCUT2D eigenvalue weighted by atomic mass is 10.1. The highest BCUT2D eigenvalue weighted by Crippen LogP contribution is 2.23. The molecule has 2 aliphatic rings. The molecule has 1 N–H and O–H groups in total. The van der Waals surface area contributed by atoms with Gasteiger partial charge in [0.2, 0.25) is 0 Å². The van der Waals surface area contributed by atoms with E-state index in [4.69, 9.17) is 16.6 Å². The van der Waals surface area contributed by atoms with Gasteiger partial charge in [-0.1, -0.05) is 36.7 Å². The Morgan fingerprint density at radius 3 is 2.46 bits per heavy atom. The molecule has 2 aliphatic heterocycles. The number of anilines is 2. The summed E-state index contributed by atoms with van der Waals surface area (Å²) in [6.07, 6.45) is 3.81. The van der Waals surface area contributed by atoms with E-state index in [2.05, 4.69) is 59.4 Å². The van der Waals surface area contributed by atoms with Crippen LogP contribution in [0.3, 0.4) is 0 Å². The van der Waals surface area contributed by atoms with Crippen molar-refractivity contribution in [3.8, 4) is 0 Å². The Morgan fingerprint density at radius 1 is 1.00 bits per heavy atom. The molecule has 3 heterocycles. The Morgan fingerprint density at radius 2 is 1.76 bits per heavy atom. The summed E-state index contributed by atoms with van der Waals surface area (Å²) in [5.74, 6) is 0.806. The summed E-state index contributed by atoms with van der Waals surface area (Å²) < 4.78 is 1.73. The normalized spacial score (nSPS) is 16.1. The number of rotatable bonds is 6. The number of likely N-dealkylation sites (N-methyl/N-ethyl adjacent to an activating group) is 1. The molecule has 5 rings (SSSR count). The molecule has 0 aliphatic carbocycles. The highest BCUT2D eigenvalue weighted by Gasteiger charge is 2.15. The first-order chi connectivity index (χ1) is 17.9. The molecule has 192 valence electrons. The number of nitrogens with zero attached hydrogens (tertiary/aromatic N) is 4. The Balaban J connectivity index is 1.50. The SMILES string of the molecule is CCC1=C(Nc2ccc(N3CCN(C)CC3)cc2)N=c2c(ccc(=O)n2Cc2c(C)cccc2Cl)=CC1. The molecular formula is C30H34ClN5O. The highest BCUT2D eigenvalue weighted by atomic mass is 35.5. The molecule has 1 aromatic heterocycles. The molecule has 0 spiro atoms. The van der Waals surface area contributed by atoms with Crippen molar-refractivity contribution in [2.75, 3.05) is 43.4 Å². The van der Waals surface area contributed by atoms with Crippen LogP contribution in [0.25, 0.3) is 6.08 Å². The second-order valence-corrected chi connectivity index (χ2v) is 10.3. The largest absolute Gasteiger partial charge is 0.369 e. The molecule has 0 saturated carbocycles. The molecule has 3 aromatic rings. The number of piperazine rings is 1. The van der Waals surface area contributed by atoms with Gasteiger partial charge in [0.05, 0.1) is 6.54 Å². The lowest BCUT2D eigenvalue weighted by molar-refractivity contribution is 0.313. The van der Waals surface area contributed by atoms with Crippen molar-refractivity contribution in [2.45, 2.75) is 33.2 Å². The topological polar surface area (TPSA) is 52.9 Å². The summed E-state index contributed by atoms with van der Waals surface area (Å²) in [5, 5.41) is 5.17. The van der Waals surface area contributed by atoms with E-state index >= 15 is 0 Å². The summed E-state index contributed by atoms with van der Waals surface area (Å²) in [5.41, 5.74) is 5.98. The van der Waals surface area contributed by atoms with Gasteiger partial charge in [-0.15, -0.1) is 0 Å². The van der Waals surface area contributed by atoms with Crippen LogP contribution in [-0.4, -0.2) is 42.7 Å². The maximum atomic E-state index is 13.1. The van der Waals surface area contributed by atoms with Gasteiger partial charge in [0.15, 0.2) is 0 Å². The first kappa shape index (κ1) is 25.3. The summed E-state index contributed by atoms with van der Waals surface area (Å²) in [4.78, 5) is 22.9. The monoisotopic (exact) mass is 515 g/mol. The fraction of sp³-hybridized carbons (Fsp3) is 0.333. The number of halogens is 1. The third-order valence-electron chi connectivity index (χ3n) is 7.40. The molecule has 1 saturated heterocycles. The lowest BCUT2D eigenvalue weighted by Crippen LogP contribution is -2.44. The van der Waals surface area contributed by atoms with E-state index < -0.39 is 0 Å². The fourth-order valence-corrected chi connectivity index (χ4v) is 5.23. The van der Waals surface area contributed by atoms with Crippen molar-refractivity contribution in [3.05, 3.63) is 103 Å². The third kappa shape index (κ3) is 5.50. The third-order valence-corrected chi connectivity index (χ3v) is 7.75. The van der Waals surface area contributed by atoms with Gasteiger partial charge < -0.3 is 15.1 Å². The second kappa shape index (κ2) is 11.0. The van der Waals surface area contributed by atoms with Crippen LogP contribution in [0.1, 0.15) is 30.9 Å². The Hall–Kier alpha value is -3.35. The maximum absolute atomic E-state index is 13.1. The van der Waals surface area contributed by atoms with Crippen molar-refractivity contribution in [1.29, 1.82) is 0 Å². The molecule has 1 fully saturated rings. The van der Waals surface area contributed by atoms with Crippen molar-refractivity contribution < 1.29 is 0 Å². The van der Waals surface area contributed by atoms with Crippen LogP contribution < -0.4 is 26.5 Å². The first-order valence-corrected chi connectivity index (χ1v) is 13.4. The zero-order valence-corrected chi connectivity index (χ0v) is 22.6. The number of allylic oxidation sites excluding steroid dienone is 1. The van der Waals surface area contributed by atoms with Crippen LogP contribution in [0.5, 0.6) is 0 Å². The summed E-state index contributed by atoms with van der Waals surface area (Å²) >= 11 is 6.52. The van der Waals surface area contributed by atoms with Crippen LogP contribution >= 0.6 is 11.6 Å². The number of pyridine rings is 1. The van der Waals surface area contributed by atoms with Crippen LogP contribution in [0, 0.1) is 6.92 Å². The molecule has 0 atom stereocenters. The van der Waals surface area contributed by atoms with Crippen LogP contribution in [-0.2, 0) is 6.54 Å². The molecule has 37 heavy (non-hydrogen) atoms. The smallest absolute Gasteiger partial charge is 0.252 e. The van der Waals surface area contributed by atoms with E-state index in [1.165, 1.54) is 11.3 Å². The van der Waals surface area contributed by atoms with Gasteiger partial charge in [0, 0.05) is 53.9 Å². The van der Waals surface area contributed by atoms with Gasteiger partial charge >= 0.3 is 0 Å². The summed E-state index contributed by atoms with van der Waals surface area (Å²) in [6, 6.07) is 17.9. The zero-order valence-electron chi connectivity index (χ0n) is 21.8. The molecule has 2 aromatic carbocycles. The Bertz CT molecular complexity index is 1480. The Labute approximate surface area is 223 Å². The van der Waals surface area contributed by atoms with Gasteiger partial charge in [0.1, 0.15) is 11.3 Å². The van der Waals surface area contributed by atoms with Gasteiger partial charge in [-0.25, -0.2) is 4.99 Å². The predicted molar refractivity (Wildman–Crippen MR) is 153 cm³/mol. The van der Waals surface area contributed by atoms with E-state index in [0.29, 0.717) is 17.1 Å². The van der Waals surface area contributed by atoms with E-state index in [1.54, 1.807) is 10.6 Å². The average molecular weight is 516 g/mol. The fourth-order valence-electron chi connectivity index (χ4n) is 4.95. The molecule has 0 amide bonds. The molecule has 0 radical (unpaired) electrons. The number of aromatic nitrogens is 1. The van der Waals surface area contributed by atoms with E-state index in [9.17, 15) is 4.79 Å². The van der Waals surface area contributed by atoms with Crippen LogP contribution in [0.2, 0.25) is 5.02 Å². The van der Waals surface area contributed by atoms with Crippen molar-refractivity contribution in [3.63, 3.8) is 0 Å². The molecular weight excluding hydrogens is 482 g/mol. The molecule has 0 unspecified atom stereocenters. The van der Waals surface area contributed by atoms with Gasteiger partial charge in [-0.05, 0) is 79.9 Å². The number of hydrogen-bond acceptors (Lipinski definition) is 5. The zero-order chi connectivity index (χ0) is 25.9. The number of hydrogen-bond donors (Lipinski definition) is 1. The highest BCUT2D eigenvalue weighted by molar-refractivity contribution is 6.31. The van der Waals surface area contributed by atoms with Gasteiger partial charge in [0.25, 0.3) is 5.56 Å². The minimum atomic E-state index is -0.0916. The molecule has 0 bridgehead atoms. The molecule has 7 heteroatoms. The van der Waals surface area contributed by atoms with Crippen LogP contribution in [0.15, 0.2) is 75.8 Å². The van der Waals surface area contributed by atoms with E-state index in [-0.39, 0.29) is 5.56 Å². The number of fused-ring (bicyclic) bond motifs is 1. The molecule has 6 nitrogen and oxygen atoms in total. The quantitative estimate of drug-likeness (QED) is 0.536. The Kier molecular flexibility index (Phi) is 7.49. The summed E-state index contributed by atoms with van der Waals surface area (Å²) in [7, 11) is 2.17. The van der Waals surface area contributed by atoms with Crippen molar-refractivity contribution in [2.24, 2.45) is 4.99 Å². The average Bonchev–Trinajstić information content (AvgIpc) is 3.07. The number of nitrogens with one attached hydrogen (secondary N) is 1. The minimum Gasteiger partial charge on any atom is -0.369 e. The van der Waals surface area contributed by atoms with Gasteiger partial charge in [-0.2, -0.15) is 0 Å². The maximum Gasteiger partial charge on any atom is 0.252 e. The standard InChI is InChI=1S/C30H34ClN5O/c1-4-22-8-9-23-10-15-28(37)36(20-26-21(2)6-5-7-27(26)31)30(23)33-29(22)32-24-11-13-25(14-12-24)35-18-16-34(3)17-19-35/h5-7,9-15,32H,4,8,16-20H2,1-3H3. The lowest BCUT2D eigenvalue weighted by Gasteiger charge is -2.34. The predicted octanol–water partition coefficient (Wildman–Crippen LogP) is 4.15. The number of aryl methyl sites for hydroxylation is 1.